The molecule has 0 radical (unpaired) electrons. The van der Waals surface area contributed by atoms with Crippen molar-refractivity contribution < 1.29 is 4.79 Å². The Labute approximate surface area is 148 Å². The number of aromatic nitrogens is 1. The van der Waals surface area contributed by atoms with Crippen molar-refractivity contribution in [3.05, 3.63) is 58.1 Å². The molecule has 0 bridgehead atoms. The van der Waals surface area contributed by atoms with E-state index in [-0.39, 0.29) is 5.91 Å². The van der Waals surface area contributed by atoms with E-state index in [1.807, 2.05) is 48.1 Å². The number of thioether (sulfide) groups is 1. The van der Waals surface area contributed by atoms with E-state index in [1.54, 1.807) is 27.6 Å². The molecule has 2 heterocycles. The quantitative estimate of drug-likeness (QED) is 0.601. The maximum Gasteiger partial charge on any atom is 0.233 e. The zero-order valence-corrected chi connectivity index (χ0v) is 15.1. The van der Waals surface area contributed by atoms with Crippen LogP contribution in [-0.2, 0) is 11.3 Å². The van der Waals surface area contributed by atoms with Gasteiger partial charge in [0.05, 0.1) is 11.4 Å². The summed E-state index contributed by atoms with van der Waals surface area (Å²) in [5.41, 5.74) is 3.25. The molecule has 3 rings (SSSR count). The van der Waals surface area contributed by atoms with Gasteiger partial charge in [-0.3, -0.25) is 4.79 Å². The number of hydrogen-bond acceptors (Lipinski definition) is 5. The fraction of sp³-hybridized carbons (Fsp3) is 0.176. The van der Waals surface area contributed by atoms with Gasteiger partial charge in [0, 0.05) is 24.5 Å². The van der Waals surface area contributed by atoms with Crippen LogP contribution in [0.2, 0.25) is 0 Å². The highest BCUT2D eigenvalue weighted by Crippen LogP contribution is 2.28. The van der Waals surface area contributed by atoms with E-state index in [0.717, 1.165) is 15.6 Å². The molecule has 3 nitrogen and oxygen atoms in total. The predicted octanol–water partition coefficient (Wildman–Crippen LogP) is 4.62. The fourth-order valence-corrected chi connectivity index (χ4v) is 4.48. The van der Waals surface area contributed by atoms with E-state index in [4.69, 9.17) is 0 Å². The first-order valence-corrected chi connectivity index (χ1v) is 9.92. The number of carbonyl (C=O) groups excluding carboxylic acids is 1. The van der Waals surface area contributed by atoms with Gasteiger partial charge in [0.1, 0.15) is 0 Å². The van der Waals surface area contributed by atoms with Gasteiger partial charge in [-0.1, -0.05) is 42.1 Å². The average Bonchev–Trinajstić information content (AvgIpc) is 3.25. The molecule has 0 N–H and O–H groups in total. The second-order valence-corrected chi connectivity index (χ2v) is 7.90. The monoisotopic (exact) mass is 360 g/mol. The van der Waals surface area contributed by atoms with E-state index < -0.39 is 0 Å². The van der Waals surface area contributed by atoms with Crippen molar-refractivity contribution in [1.29, 1.82) is 0 Å². The lowest BCUT2D eigenvalue weighted by molar-refractivity contribution is -0.127. The first-order chi connectivity index (χ1) is 11.2. The molecule has 2 aromatic heterocycles. The van der Waals surface area contributed by atoms with E-state index in [0.29, 0.717) is 12.3 Å². The van der Waals surface area contributed by atoms with Crippen molar-refractivity contribution >= 4 is 40.3 Å². The number of amides is 1. The molecule has 118 valence electrons. The van der Waals surface area contributed by atoms with Gasteiger partial charge < -0.3 is 4.90 Å². The van der Waals surface area contributed by atoms with Gasteiger partial charge in [-0.25, -0.2) is 4.98 Å². The minimum Gasteiger partial charge on any atom is -0.341 e. The summed E-state index contributed by atoms with van der Waals surface area (Å²) in [6, 6.07) is 12.1. The molecule has 0 saturated heterocycles. The molecular weight excluding hydrogens is 344 g/mol. The molecule has 0 aliphatic heterocycles. The van der Waals surface area contributed by atoms with Crippen LogP contribution in [0.15, 0.2) is 56.9 Å². The molecule has 1 aromatic carbocycles. The normalized spacial score (nSPS) is 10.7. The lowest BCUT2D eigenvalue weighted by atomic mass is 10.2. The highest BCUT2D eigenvalue weighted by Gasteiger charge is 2.12. The van der Waals surface area contributed by atoms with Gasteiger partial charge in [0.25, 0.3) is 0 Å². The molecule has 6 heteroatoms. The summed E-state index contributed by atoms with van der Waals surface area (Å²) in [6.07, 6.45) is 0. The fourth-order valence-electron chi connectivity index (χ4n) is 2.04. The maximum atomic E-state index is 12.2. The molecule has 23 heavy (non-hydrogen) atoms. The van der Waals surface area contributed by atoms with Crippen molar-refractivity contribution in [2.24, 2.45) is 0 Å². The second-order valence-electron chi connectivity index (χ2n) is 5.03. The van der Waals surface area contributed by atoms with Crippen LogP contribution in [0.25, 0.3) is 11.3 Å². The summed E-state index contributed by atoms with van der Waals surface area (Å²) >= 11 is 4.74. The number of carbonyl (C=O) groups is 1. The Morgan fingerprint density at radius 1 is 1.22 bits per heavy atom. The van der Waals surface area contributed by atoms with Crippen molar-refractivity contribution in [2.45, 2.75) is 10.9 Å². The molecule has 0 unspecified atom stereocenters. The van der Waals surface area contributed by atoms with Crippen LogP contribution >= 0.6 is 34.4 Å². The van der Waals surface area contributed by atoms with Gasteiger partial charge in [0.2, 0.25) is 5.91 Å². The first-order valence-electron chi connectivity index (χ1n) is 7.11. The summed E-state index contributed by atoms with van der Waals surface area (Å²) in [6.45, 7) is 0.663. The van der Waals surface area contributed by atoms with E-state index in [9.17, 15) is 4.79 Å². The maximum absolute atomic E-state index is 12.2. The van der Waals surface area contributed by atoms with Crippen molar-refractivity contribution in [2.75, 3.05) is 12.8 Å². The smallest absolute Gasteiger partial charge is 0.233 e. The van der Waals surface area contributed by atoms with Crippen molar-refractivity contribution in [3.63, 3.8) is 0 Å². The lowest BCUT2D eigenvalue weighted by Crippen LogP contribution is -2.27. The van der Waals surface area contributed by atoms with Gasteiger partial charge in [-0.15, -0.1) is 11.3 Å². The number of thiazole rings is 1. The first kappa shape index (κ1) is 16.2. The molecule has 0 atom stereocenters. The Balaban J connectivity index is 1.54. The largest absolute Gasteiger partial charge is 0.341 e. The van der Waals surface area contributed by atoms with Crippen LogP contribution in [0.3, 0.4) is 0 Å². The standard InChI is InChI=1S/C17H16N2OS3/c1-19(9-13-7-8-21-10-13)16(20)12-23-17-18-15(11-22-17)14-5-3-2-4-6-14/h2-8,10-11H,9,12H2,1H3. The summed E-state index contributed by atoms with van der Waals surface area (Å²) in [4.78, 5) is 18.6. The molecule has 3 aromatic rings. The topological polar surface area (TPSA) is 33.2 Å². The Morgan fingerprint density at radius 3 is 2.78 bits per heavy atom. The van der Waals surface area contributed by atoms with E-state index in [2.05, 4.69) is 16.4 Å². The van der Waals surface area contributed by atoms with Gasteiger partial charge >= 0.3 is 0 Å². The Hall–Kier alpha value is -1.63. The Kier molecular flexibility index (Phi) is 5.48. The van der Waals surface area contributed by atoms with Crippen LogP contribution in [0, 0.1) is 0 Å². The van der Waals surface area contributed by atoms with E-state index >= 15 is 0 Å². The second kappa shape index (κ2) is 7.77. The molecule has 0 spiro atoms. The zero-order valence-electron chi connectivity index (χ0n) is 12.6. The molecule has 0 saturated carbocycles. The summed E-state index contributed by atoms with van der Waals surface area (Å²) in [5.74, 6) is 0.542. The van der Waals surface area contributed by atoms with Gasteiger partial charge in [-0.05, 0) is 22.4 Å². The number of thiophene rings is 1. The lowest BCUT2D eigenvalue weighted by Gasteiger charge is -2.15. The third kappa shape index (κ3) is 4.43. The minimum atomic E-state index is 0.123. The van der Waals surface area contributed by atoms with Gasteiger partial charge in [-0.2, -0.15) is 11.3 Å². The highest BCUT2D eigenvalue weighted by molar-refractivity contribution is 8.01. The molecule has 0 fully saturated rings. The minimum absolute atomic E-state index is 0.123. The van der Waals surface area contributed by atoms with Crippen LogP contribution in [0.4, 0.5) is 0 Å². The summed E-state index contributed by atoms with van der Waals surface area (Å²) in [7, 11) is 1.85. The van der Waals surface area contributed by atoms with Crippen molar-refractivity contribution in [1.82, 2.24) is 9.88 Å². The molecule has 0 aliphatic carbocycles. The van der Waals surface area contributed by atoms with E-state index in [1.165, 1.54) is 17.3 Å². The van der Waals surface area contributed by atoms with Crippen LogP contribution in [0.5, 0.6) is 0 Å². The van der Waals surface area contributed by atoms with Crippen LogP contribution < -0.4 is 0 Å². The highest BCUT2D eigenvalue weighted by atomic mass is 32.2. The Morgan fingerprint density at radius 2 is 2.04 bits per heavy atom. The summed E-state index contributed by atoms with van der Waals surface area (Å²) < 4.78 is 0.932. The number of benzene rings is 1. The average molecular weight is 361 g/mol. The van der Waals surface area contributed by atoms with Crippen LogP contribution in [-0.4, -0.2) is 28.6 Å². The number of nitrogens with zero attached hydrogens (tertiary/aromatic N) is 2. The predicted molar refractivity (Wildman–Crippen MR) is 99.1 cm³/mol. The molecule has 1 amide bonds. The summed E-state index contributed by atoms with van der Waals surface area (Å²) in [5, 5.41) is 6.14. The number of hydrogen-bond donors (Lipinski definition) is 0. The third-order valence-corrected chi connectivity index (χ3v) is 6.04. The third-order valence-electron chi connectivity index (χ3n) is 3.30. The molecular formula is C17H16N2OS3. The SMILES string of the molecule is CN(Cc1ccsc1)C(=O)CSc1nc(-c2ccccc2)cs1. The number of rotatable bonds is 6. The Bertz CT molecular complexity index is 753. The zero-order chi connectivity index (χ0) is 16.1. The molecule has 0 aliphatic rings. The van der Waals surface area contributed by atoms with Gasteiger partial charge in [0.15, 0.2) is 4.34 Å². The van der Waals surface area contributed by atoms with Crippen molar-refractivity contribution in [3.8, 4) is 11.3 Å². The van der Waals surface area contributed by atoms with Crippen LogP contribution in [0.1, 0.15) is 5.56 Å².